The van der Waals surface area contributed by atoms with E-state index in [9.17, 15) is 8.78 Å². The third-order valence-electron chi connectivity index (χ3n) is 3.50. The van der Waals surface area contributed by atoms with Gasteiger partial charge >= 0.3 is 0 Å². The summed E-state index contributed by atoms with van der Waals surface area (Å²) in [5.74, 6) is -2.47. The molecule has 2 nitrogen and oxygen atoms in total. The first-order chi connectivity index (χ1) is 8.16. The Morgan fingerprint density at radius 2 is 2.12 bits per heavy atom. The second kappa shape index (κ2) is 3.79. The lowest BCUT2D eigenvalue weighted by Gasteiger charge is -2.29. The third kappa shape index (κ3) is 1.92. The van der Waals surface area contributed by atoms with E-state index < -0.39 is 5.92 Å². The van der Waals surface area contributed by atoms with Gasteiger partial charge in [0, 0.05) is 18.9 Å². The molecule has 0 aliphatic heterocycles. The van der Waals surface area contributed by atoms with Crippen LogP contribution in [-0.2, 0) is 0 Å². The van der Waals surface area contributed by atoms with E-state index in [0.29, 0.717) is 12.8 Å². The Morgan fingerprint density at radius 3 is 2.88 bits per heavy atom. The lowest BCUT2D eigenvalue weighted by atomic mass is 9.92. The maximum atomic E-state index is 13.1. The van der Waals surface area contributed by atoms with Crippen LogP contribution < -0.4 is 0 Å². The van der Waals surface area contributed by atoms with Crippen LogP contribution in [0.15, 0.2) is 24.5 Å². The van der Waals surface area contributed by atoms with Crippen molar-refractivity contribution in [2.24, 2.45) is 0 Å². The number of nitrogens with zero attached hydrogens (tertiary/aromatic N) is 2. The second-order valence-corrected chi connectivity index (χ2v) is 4.65. The summed E-state index contributed by atoms with van der Waals surface area (Å²) in [5.41, 5.74) is 1.89. The van der Waals surface area contributed by atoms with Crippen LogP contribution in [0.5, 0.6) is 0 Å². The summed E-state index contributed by atoms with van der Waals surface area (Å²) in [5, 5.41) is 0. The molecule has 1 aromatic carbocycles. The van der Waals surface area contributed by atoms with Gasteiger partial charge in [0.1, 0.15) is 0 Å². The summed E-state index contributed by atoms with van der Waals surface area (Å²) in [6, 6.07) is 8.72. The fourth-order valence-electron chi connectivity index (χ4n) is 2.52. The van der Waals surface area contributed by atoms with Gasteiger partial charge in [-0.1, -0.05) is 6.07 Å². The van der Waals surface area contributed by atoms with Gasteiger partial charge in [0.25, 0.3) is 0 Å². The molecule has 4 heteroatoms. The number of hydrogen-bond donors (Lipinski definition) is 0. The molecule has 1 heterocycles. The highest BCUT2D eigenvalue weighted by atomic mass is 19.3. The van der Waals surface area contributed by atoms with Gasteiger partial charge < -0.3 is 4.57 Å². The van der Waals surface area contributed by atoms with Gasteiger partial charge in [-0.3, -0.25) is 0 Å². The monoisotopic (exact) mass is 235 g/mol. The highest BCUT2D eigenvalue weighted by Crippen LogP contribution is 2.39. The topological polar surface area (TPSA) is 17.8 Å². The first-order valence-corrected chi connectivity index (χ1v) is 5.86. The summed E-state index contributed by atoms with van der Waals surface area (Å²) in [4.78, 5) is 4.27. The predicted octanol–water partition coefficient (Wildman–Crippen LogP) is 3.59. The first kappa shape index (κ1) is 10.7. The van der Waals surface area contributed by atoms with Gasteiger partial charge in [-0.25, -0.2) is 13.8 Å². The minimum absolute atomic E-state index is 0.0176. The van der Waals surface area contributed by atoms with Crippen LogP contribution in [0.4, 0.5) is 8.78 Å². The van der Waals surface area contributed by atoms with E-state index in [1.54, 1.807) is 6.33 Å². The van der Waals surface area contributed by atoms with Crippen molar-refractivity contribution in [1.29, 1.82) is 0 Å². The highest BCUT2D eigenvalue weighted by molar-refractivity contribution is 5.74. The van der Waals surface area contributed by atoms with E-state index in [1.165, 1.54) is 0 Å². The zero-order valence-corrected chi connectivity index (χ0v) is 9.37. The fraction of sp³-hybridized carbons (Fsp3) is 0.462. The zero-order chi connectivity index (χ0) is 11.9. The summed E-state index contributed by atoms with van der Waals surface area (Å²) in [6.07, 6.45) is 2.77. The molecule has 1 aliphatic carbocycles. The van der Waals surface area contributed by atoms with Crippen LogP contribution in [0.1, 0.15) is 31.7 Å². The van der Waals surface area contributed by atoms with Crippen molar-refractivity contribution < 1.29 is 8.78 Å². The summed E-state index contributed by atoms with van der Waals surface area (Å²) in [7, 11) is 0. The summed E-state index contributed by atoms with van der Waals surface area (Å²) in [6.45, 7) is 0. The van der Waals surface area contributed by atoms with E-state index >= 15 is 0 Å². The van der Waals surface area contributed by atoms with E-state index in [0.717, 1.165) is 11.0 Å². The number of halogens is 2. The van der Waals surface area contributed by atoms with Crippen LogP contribution in [0.25, 0.3) is 11.0 Å². The molecule has 0 spiro atoms. The molecular formula is C13H13F2N2. The molecule has 1 fully saturated rings. The van der Waals surface area contributed by atoms with Gasteiger partial charge in [0.05, 0.1) is 17.4 Å². The van der Waals surface area contributed by atoms with Crippen molar-refractivity contribution in [3.8, 4) is 0 Å². The molecule has 0 unspecified atom stereocenters. The normalized spacial score (nSPS) is 20.8. The molecule has 17 heavy (non-hydrogen) atoms. The van der Waals surface area contributed by atoms with E-state index in [-0.39, 0.29) is 18.9 Å². The zero-order valence-electron chi connectivity index (χ0n) is 9.37. The second-order valence-electron chi connectivity index (χ2n) is 4.65. The van der Waals surface area contributed by atoms with E-state index in [2.05, 4.69) is 11.1 Å². The molecule has 0 amide bonds. The predicted molar refractivity (Wildman–Crippen MR) is 61.0 cm³/mol. The third-order valence-corrected chi connectivity index (χ3v) is 3.50. The molecule has 0 saturated heterocycles. The number of fused-ring (bicyclic) bond motifs is 1. The molecule has 2 aromatic rings. The Kier molecular flexibility index (Phi) is 2.38. The average molecular weight is 235 g/mol. The van der Waals surface area contributed by atoms with Crippen molar-refractivity contribution in [3.05, 3.63) is 30.6 Å². The van der Waals surface area contributed by atoms with Crippen LogP contribution in [0.2, 0.25) is 0 Å². The Labute approximate surface area is 98.3 Å². The van der Waals surface area contributed by atoms with Crippen LogP contribution in [0, 0.1) is 6.07 Å². The number of hydrogen-bond acceptors (Lipinski definition) is 1. The van der Waals surface area contributed by atoms with Crippen molar-refractivity contribution >= 4 is 11.0 Å². The highest BCUT2D eigenvalue weighted by Gasteiger charge is 2.35. The van der Waals surface area contributed by atoms with Gasteiger partial charge in [-0.05, 0) is 31.0 Å². The quantitative estimate of drug-likeness (QED) is 0.738. The largest absolute Gasteiger partial charge is 0.327 e. The lowest BCUT2D eigenvalue weighted by molar-refractivity contribution is -0.0436. The van der Waals surface area contributed by atoms with Gasteiger partial charge in [-0.15, -0.1) is 0 Å². The SMILES string of the molecule is FC1(F)CCC(n2cnc3c[c]ccc32)CC1. The van der Waals surface area contributed by atoms with Crippen molar-refractivity contribution in [2.75, 3.05) is 0 Å². The minimum atomic E-state index is -2.47. The van der Waals surface area contributed by atoms with Crippen LogP contribution in [-0.4, -0.2) is 15.5 Å². The van der Waals surface area contributed by atoms with Gasteiger partial charge in [0.2, 0.25) is 5.92 Å². The molecule has 89 valence electrons. The molecular weight excluding hydrogens is 222 g/mol. The molecule has 1 radical (unpaired) electrons. The lowest BCUT2D eigenvalue weighted by Crippen LogP contribution is -2.26. The number of aromatic nitrogens is 2. The molecule has 0 atom stereocenters. The maximum absolute atomic E-state index is 13.1. The molecule has 0 N–H and O–H groups in total. The maximum Gasteiger partial charge on any atom is 0.248 e. The molecule has 3 rings (SSSR count). The van der Waals surface area contributed by atoms with Gasteiger partial charge in [-0.2, -0.15) is 0 Å². The molecule has 1 aliphatic rings. The number of benzene rings is 1. The number of alkyl halides is 2. The smallest absolute Gasteiger partial charge is 0.248 e. The average Bonchev–Trinajstić information content (AvgIpc) is 2.73. The van der Waals surface area contributed by atoms with Crippen LogP contribution in [0.3, 0.4) is 0 Å². The Balaban J connectivity index is 1.90. The van der Waals surface area contributed by atoms with Crippen molar-refractivity contribution in [2.45, 2.75) is 37.6 Å². The number of rotatable bonds is 1. The summed E-state index contributed by atoms with van der Waals surface area (Å²) < 4.78 is 28.2. The Bertz CT molecular complexity index is 523. The standard InChI is InChI=1S/C13H13F2N2/c14-13(15)7-5-10(6-8-13)17-9-16-11-3-1-2-4-12(11)17/h2-4,9-10H,5-8H2. The fourth-order valence-corrected chi connectivity index (χ4v) is 2.52. The molecule has 1 saturated carbocycles. The van der Waals surface area contributed by atoms with E-state index in [1.807, 2.05) is 22.8 Å². The van der Waals surface area contributed by atoms with Crippen molar-refractivity contribution in [1.82, 2.24) is 9.55 Å². The molecule has 0 bridgehead atoms. The van der Waals surface area contributed by atoms with Crippen molar-refractivity contribution in [3.63, 3.8) is 0 Å². The van der Waals surface area contributed by atoms with E-state index in [4.69, 9.17) is 0 Å². The minimum Gasteiger partial charge on any atom is -0.327 e. The first-order valence-electron chi connectivity index (χ1n) is 5.86. The number of imidazole rings is 1. The molecule has 1 aromatic heterocycles. The Hall–Kier alpha value is -1.45. The summed E-state index contributed by atoms with van der Waals surface area (Å²) >= 11 is 0. The Morgan fingerprint density at radius 1 is 1.35 bits per heavy atom. The van der Waals surface area contributed by atoms with Crippen LogP contribution >= 0.6 is 0 Å². The van der Waals surface area contributed by atoms with Gasteiger partial charge in [0.15, 0.2) is 0 Å².